The third kappa shape index (κ3) is 3.74. The molecular weight excluding hydrogens is 273 g/mol. The predicted molar refractivity (Wildman–Crippen MR) is 65.4 cm³/mol. The van der Waals surface area contributed by atoms with Gasteiger partial charge in [-0.25, -0.2) is 0 Å². The van der Waals surface area contributed by atoms with E-state index in [2.05, 4.69) is 5.10 Å². The Morgan fingerprint density at radius 2 is 1.90 bits per heavy atom. The predicted octanol–water partition coefficient (Wildman–Crippen LogP) is 3.08. The highest BCUT2D eigenvalue weighted by atomic mass is 19.4. The Hall–Kier alpha value is -2.02. The third-order valence-electron chi connectivity index (χ3n) is 2.48. The summed E-state index contributed by atoms with van der Waals surface area (Å²) in [7, 11) is 0. The first-order chi connectivity index (χ1) is 9.34. The Labute approximate surface area is 113 Å². The maximum Gasteiger partial charge on any atom is 0.416 e. The van der Waals surface area contributed by atoms with Gasteiger partial charge in [0, 0.05) is 0 Å². The van der Waals surface area contributed by atoms with Gasteiger partial charge in [0.25, 0.3) is 0 Å². The van der Waals surface area contributed by atoms with Crippen LogP contribution in [0.3, 0.4) is 0 Å². The molecule has 1 unspecified atom stereocenters. The molecule has 1 N–H and O–H groups in total. The SMILES string of the molecule is CC(O)Cn1cc(Oc2ccc(C(F)(F)F)cc2)cn1. The van der Waals surface area contributed by atoms with Crippen LogP contribution in [0.2, 0.25) is 0 Å². The number of halogens is 3. The van der Waals surface area contributed by atoms with Gasteiger partial charge >= 0.3 is 6.18 Å². The molecule has 0 spiro atoms. The van der Waals surface area contributed by atoms with E-state index >= 15 is 0 Å². The maximum atomic E-state index is 12.4. The molecule has 1 heterocycles. The van der Waals surface area contributed by atoms with E-state index in [1.165, 1.54) is 23.0 Å². The minimum Gasteiger partial charge on any atom is -0.454 e. The molecule has 0 saturated carbocycles. The van der Waals surface area contributed by atoms with Crippen molar-refractivity contribution in [2.24, 2.45) is 0 Å². The number of hydrogen-bond donors (Lipinski definition) is 1. The van der Waals surface area contributed by atoms with Gasteiger partial charge < -0.3 is 9.84 Å². The van der Waals surface area contributed by atoms with Gasteiger partial charge in [-0.05, 0) is 31.2 Å². The fraction of sp³-hybridized carbons (Fsp3) is 0.308. The number of hydrogen-bond acceptors (Lipinski definition) is 3. The van der Waals surface area contributed by atoms with E-state index in [4.69, 9.17) is 4.74 Å². The minimum atomic E-state index is -4.36. The zero-order valence-electron chi connectivity index (χ0n) is 10.6. The summed E-state index contributed by atoms with van der Waals surface area (Å²) in [5.74, 6) is 0.681. The summed E-state index contributed by atoms with van der Waals surface area (Å²) in [4.78, 5) is 0. The molecule has 4 nitrogen and oxygen atoms in total. The topological polar surface area (TPSA) is 47.3 Å². The van der Waals surface area contributed by atoms with E-state index in [0.717, 1.165) is 12.1 Å². The molecule has 1 aromatic carbocycles. The van der Waals surface area contributed by atoms with E-state index in [-0.39, 0.29) is 5.75 Å². The lowest BCUT2D eigenvalue weighted by atomic mass is 10.2. The molecule has 2 aromatic rings. The Kier molecular flexibility index (Phi) is 3.99. The second-order valence-electron chi connectivity index (χ2n) is 4.37. The van der Waals surface area contributed by atoms with Crippen molar-refractivity contribution in [1.82, 2.24) is 9.78 Å². The highest BCUT2D eigenvalue weighted by Gasteiger charge is 2.30. The van der Waals surface area contributed by atoms with Crippen molar-refractivity contribution in [3.8, 4) is 11.5 Å². The van der Waals surface area contributed by atoms with Crippen LogP contribution in [-0.2, 0) is 12.7 Å². The molecule has 0 aliphatic rings. The zero-order chi connectivity index (χ0) is 14.8. The standard InChI is InChI=1S/C13H13F3N2O2/c1-9(19)7-18-8-12(6-17-18)20-11-4-2-10(3-5-11)13(14,15)16/h2-6,8-9,19H,7H2,1H3. The molecule has 1 aromatic heterocycles. The average molecular weight is 286 g/mol. The molecule has 0 aliphatic carbocycles. The normalized spacial score (nSPS) is 13.2. The maximum absolute atomic E-state index is 12.4. The molecule has 108 valence electrons. The Morgan fingerprint density at radius 3 is 2.45 bits per heavy atom. The number of aliphatic hydroxyl groups excluding tert-OH is 1. The first-order valence-corrected chi connectivity index (χ1v) is 5.90. The molecule has 0 aliphatic heterocycles. The van der Waals surface area contributed by atoms with Crippen molar-refractivity contribution in [3.05, 3.63) is 42.2 Å². The van der Waals surface area contributed by atoms with Crippen LogP contribution in [0.4, 0.5) is 13.2 Å². The molecule has 2 rings (SSSR count). The van der Waals surface area contributed by atoms with Crippen LogP contribution >= 0.6 is 0 Å². The fourth-order valence-electron chi connectivity index (χ4n) is 1.62. The van der Waals surface area contributed by atoms with Crippen molar-refractivity contribution in [2.45, 2.75) is 25.7 Å². The van der Waals surface area contributed by atoms with Crippen LogP contribution in [0.1, 0.15) is 12.5 Å². The number of benzene rings is 1. The minimum absolute atomic E-state index is 0.287. The highest BCUT2D eigenvalue weighted by molar-refractivity contribution is 5.32. The van der Waals surface area contributed by atoms with E-state index in [9.17, 15) is 18.3 Å². The second-order valence-corrected chi connectivity index (χ2v) is 4.37. The summed E-state index contributed by atoms with van der Waals surface area (Å²) < 4.78 is 44.0. The second kappa shape index (κ2) is 5.54. The van der Waals surface area contributed by atoms with Crippen molar-refractivity contribution in [1.29, 1.82) is 0 Å². The number of aromatic nitrogens is 2. The molecule has 0 bridgehead atoms. The Morgan fingerprint density at radius 1 is 1.25 bits per heavy atom. The van der Waals surface area contributed by atoms with Gasteiger partial charge in [0.15, 0.2) is 5.75 Å². The molecule has 0 amide bonds. The first kappa shape index (κ1) is 14.4. The summed E-state index contributed by atoms with van der Waals surface area (Å²) in [5.41, 5.74) is -0.727. The number of aliphatic hydroxyl groups is 1. The van der Waals surface area contributed by atoms with Gasteiger partial charge in [-0.2, -0.15) is 18.3 Å². The number of ether oxygens (including phenoxy) is 1. The summed E-state index contributed by atoms with van der Waals surface area (Å²) in [5, 5.41) is 13.2. The van der Waals surface area contributed by atoms with Crippen LogP contribution in [0.25, 0.3) is 0 Å². The number of nitrogens with zero attached hydrogens (tertiary/aromatic N) is 2. The van der Waals surface area contributed by atoms with Gasteiger partial charge in [0.05, 0.1) is 30.6 Å². The van der Waals surface area contributed by atoms with Crippen molar-refractivity contribution < 1.29 is 23.0 Å². The molecule has 20 heavy (non-hydrogen) atoms. The monoisotopic (exact) mass is 286 g/mol. The molecule has 1 atom stereocenters. The summed E-state index contributed by atoms with van der Waals surface area (Å²) in [6.07, 6.45) is -1.92. The third-order valence-corrected chi connectivity index (χ3v) is 2.48. The van der Waals surface area contributed by atoms with Crippen LogP contribution in [0.15, 0.2) is 36.7 Å². The molecule has 0 fully saturated rings. The van der Waals surface area contributed by atoms with Gasteiger partial charge in [0.2, 0.25) is 0 Å². The van der Waals surface area contributed by atoms with Gasteiger partial charge in [-0.3, -0.25) is 4.68 Å². The Balaban J connectivity index is 2.05. The number of rotatable bonds is 4. The quantitative estimate of drug-likeness (QED) is 0.939. The number of alkyl halides is 3. The Bertz CT molecular complexity index is 562. The van der Waals surface area contributed by atoms with Crippen LogP contribution < -0.4 is 4.74 Å². The summed E-state index contributed by atoms with van der Waals surface area (Å²) in [6, 6.07) is 4.40. The highest BCUT2D eigenvalue weighted by Crippen LogP contribution is 2.31. The average Bonchev–Trinajstić information content (AvgIpc) is 2.75. The summed E-state index contributed by atoms with van der Waals surface area (Å²) in [6.45, 7) is 1.94. The van der Waals surface area contributed by atoms with Gasteiger partial charge in [0.1, 0.15) is 5.75 Å². The largest absolute Gasteiger partial charge is 0.454 e. The molecule has 7 heteroatoms. The molecule has 0 saturated heterocycles. The van der Waals surface area contributed by atoms with Crippen molar-refractivity contribution in [2.75, 3.05) is 0 Å². The van der Waals surface area contributed by atoms with E-state index in [1.54, 1.807) is 13.1 Å². The smallest absolute Gasteiger partial charge is 0.416 e. The lowest BCUT2D eigenvalue weighted by molar-refractivity contribution is -0.137. The van der Waals surface area contributed by atoms with Crippen molar-refractivity contribution >= 4 is 0 Å². The fourth-order valence-corrected chi connectivity index (χ4v) is 1.62. The van der Waals surface area contributed by atoms with Crippen LogP contribution in [0, 0.1) is 0 Å². The lowest BCUT2D eigenvalue weighted by Crippen LogP contribution is -2.11. The van der Waals surface area contributed by atoms with Crippen LogP contribution in [0.5, 0.6) is 11.5 Å². The molecule has 0 radical (unpaired) electrons. The van der Waals surface area contributed by atoms with Crippen molar-refractivity contribution in [3.63, 3.8) is 0 Å². The van der Waals surface area contributed by atoms with E-state index < -0.39 is 17.8 Å². The van der Waals surface area contributed by atoms with Crippen LogP contribution in [-0.4, -0.2) is 21.0 Å². The summed E-state index contributed by atoms with van der Waals surface area (Å²) >= 11 is 0. The van der Waals surface area contributed by atoms with E-state index in [1.807, 2.05) is 0 Å². The van der Waals surface area contributed by atoms with Gasteiger partial charge in [-0.1, -0.05) is 0 Å². The lowest BCUT2D eigenvalue weighted by Gasteiger charge is -2.07. The molecular formula is C13H13F3N2O2. The van der Waals surface area contributed by atoms with Gasteiger partial charge in [-0.15, -0.1) is 0 Å². The first-order valence-electron chi connectivity index (χ1n) is 5.90. The van der Waals surface area contributed by atoms with E-state index in [0.29, 0.717) is 12.3 Å². The zero-order valence-corrected chi connectivity index (χ0v) is 10.6.